The number of hydrogen-bond acceptors (Lipinski definition) is 4. The van der Waals surface area contributed by atoms with Gasteiger partial charge >= 0.3 is 0 Å². The van der Waals surface area contributed by atoms with Crippen LogP contribution < -0.4 is 11.7 Å². The van der Waals surface area contributed by atoms with Gasteiger partial charge in [-0.1, -0.05) is 30.3 Å². The number of hydrogen-bond donors (Lipinski definition) is 2. The van der Waals surface area contributed by atoms with Crippen molar-refractivity contribution in [3.63, 3.8) is 0 Å². The van der Waals surface area contributed by atoms with Gasteiger partial charge in [-0.3, -0.25) is 11.7 Å². The SMILES string of the molecule is Fc1ccc(-c2ccnc(-c3ccccc3)n2)cc1F.NN. The summed E-state index contributed by atoms with van der Waals surface area (Å²) in [6.45, 7) is 0. The quantitative estimate of drug-likeness (QED) is 0.563. The molecule has 112 valence electrons. The zero-order valence-electron chi connectivity index (χ0n) is 11.6. The van der Waals surface area contributed by atoms with Crippen LogP contribution in [0.4, 0.5) is 8.78 Å². The van der Waals surface area contributed by atoms with Gasteiger partial charge in [0.05, 0.1) is 5.69 Å². The van der Waals surface area contributed by atoms with E-state index in [1.807, 2.05) is 30.3 Å². The van der Waals surface area contributed by atoms with E-state index in [0.29, 0.717) is 17.1 Å². The summed E-state index contributed by atoms with van der Waals surface area (Å²) in [6, 6.07) is 14.9. The molecule has 0 aliphatic carbocycles. The van der Waals surface area contributed by atoms with Crippen LogP contribution in [-0.2, 0) is 0 Å². The third kappa shape index (κ3) is 3.49. The van der Waals surface area contributed by atoms with Gasteiger partial charge in [-0.25, -0.2) is 18.7 Å². The van der Waals surface area contributed by atoms with Crippen molar-refractivity contribution >= 4 is 0 Å². The largest absolute Gasteiger partial charge is 0.274 e. The number of hydrazine groups is 1. The Bertz CT molecular complexity index is 748. The van der Waals surface area contributed by atoms with Gasteiger partial charge in [-0.2, -0.15) is 0 Å². The molecule has 0 aliphatic rings. The molecule has 4 N–H and O–H groups in total. The Hall–Kier alpha value is -2.70. The Labute approximate surface area is 126 Å². The van der Waals surface area contributed by atoms with E-state index in [-0.39, 0.29) is 0 Å². The van der Waals surface area contributed by atoms with Gasteiger partial charge in [-0.05, 0) is 24.3 Å². The number of nitrogens with zero attached hydrogens (tertiary/aromatic N) is 2. The highest BCUT2D eigenvalue weighted by atomic mass is 19.2. The highest BCUT2D eigenvalue weighted by molar-refractivity contribution is 5.63. The van der Waals surface area contributed by atoms with Crippen LogP contribution in [0.25, 0.3) is 22.6 Å². The second-order valence-electron chi connectivity index (χ2n) is 4.26. The summed E-state index contributed by atoms with van der Waals surface area (Å²) in [6.07, 6.45) is 1.60. The Morgan fingerprint density at radius 3 is 2.18 bits per heavy atom. The topological polar surface area (TPSA) is 77.8 Å². The Balaban J connectivity index is 0.000000847. The van der Waals surface area contributed by atoms with E-state index < -0.39 is 11.6 Å². The lowest BCUT2D eigenvalue weighted by molar-refractivity contribution is 0.509. The van der Waals surface area contributed by atoms with Crippen LogP contribution in [-0.4, -0.2) is 9.97 Å². The van der Waals surface area contributed by atoms with Gasteiger partial charge in [0.1, 0.15) is 0 Å². The van der Waals surface area contributed by atoms with E-state index in [1.54, 1.807) is 12.3 Å². The third-order valence-electron chi connectivity index (χ3n) is 2.90. The summed E-state index contributed by atoms with van der Waals surface area (Å²) in [5.41, 5.74) is 1.94. The molecule has 0 fully saturated rings. The van der Waals surface area contributed by atoms with Crippen LogP contribution in [0.1, 0.15) is 0 Å². The van der Waals surface area contributed by atoms with Gasteiger partial charge in [0.2, 0.25) is 0 Å². The average Bonchev–Trinajstić information content (AvgIpc) is 2.60. The van der Waals surface area contributed by atoms with Gasteiger partial charge in [0.25, 0.3) is 0 Å². The minimum atomic E-state index is -0.887. The van der Waals surface area contributed by atoms with Crippen LogP contribution in [0.2, 0.25) is 0 Å². The molecule has 0 aliphatic heterocycles. The molecule has 0 spiro atoms. The van der Waals surface area contributed by atoms with Crippen molar-refractivity contribution in [2.45, 2.75) is 0 Å². The fourth-order valence-electron chi connectivity index (χ4n) is 1.90. The molecule has 0 bridgehead atoms. The number of aromatic nitrogens is 2. The summed E-state index contributed by atoms with van der Waals surface area (Å²) >= 11 is 0. The summed E-state index contributed by atoms with van der Waals surface area (Å²) in [7, 11) is 0. The maximum absolute atomic E-state index is 13.3. The molecule has 4 nitrogen and oxygen atoms in total. The highest BCUT2D eigenvalue weighted by Gasteiger charge is 2.07. The molecular weight excluding hydrogens is 286 g/mol. The molecule has 0 amide bonds. The predicted octanol–water partition coefficient (Wildman–Crippen LogP) is 2.91. The van der Waals surface area contributed by atoms with Gasteiger partial charge in [0.15, 0.2) is 17.5 Å². The zero-order chi connectivity index (χ0) is 15.9. The maximum Gasteiger partial charge on any atom is 0.159 e. The van der Waals surface area contributed by atoms with Crippen LogP contribution in [0.3, 0.4) is 0 Å². The van der Waals surface area contributed by atoms with E-state index in [4.69, 9.17) is 0 Å². The first kappa shape index (κ1) is 15.7. The minimum Gasteiger partial charge on any atom is -0.274 e. The first-order valence-electron chi connectivity index (χ1n) is 6.41. The van der Waals surface area contributed by atoms with E-state index in [0.717, 1.165) is 17.7 Å². The Kier molecular flexibility index (Phi) is 5.24. The van der Waals surface area contributed by atoms with Crippen molar-refractivity contribution < 1.29 is 8.78 Å². The lowest BCUT2D eigenvalue weighted by Crippen LogP contribution is -2.02. The molecule has 0 radical (unpaired) electrons. The number of halogens is 2. The maximum atomic E-state index is 13.3. The molecule has 0 atom stereocenters. The van der Waals surface area contributed by atoms with Crippen LogP contribution in [0, 0.1) is 11.6 Å². The number of rotatable bonds is 2. The lowest BCUT2D eigenvalue weighted by Gasteiger charge is -2.04. The van der Waals surface area contributed by atoms with Crippen molar-refractivity contribution in [3.8, 4) is 22.6 Å². The van der Waals surface area contributed by atoms with Crippen LogP contribution in [0.15, 0.2) is 60.8 Å². The van der Waals surface area contributed by atoms with E-state index in [2.05, 4.69) is 21.7 Å². The molecular formula is C16H14F2N4. The van der Waals surface area contributed by atoms with Gasteiger partial charge < -0.3 is 0 Å². The van der Waals surface area contributed by atoms with Crippen molar-refractivity contribution in [2.24, 2.45) is 11.7 Å². The molecule has 6 heteroatoms. The Morgan fingerprint density at radius 1 is 0.773 bits per heavy atom. The molecule has 3 rings (SSSR count). The monoisotopic (exact) mass is 300 g/mol. The summed E-state index contributed by atoms with van der Waals surface area (Å²) in [4.78, 5) is 8.58. The van der Waals surface area contributed by atoms with Crippen molar-refractivity contribution in [2.75, 3.05) is 0 Å². The van der Waals surface area contributed by atoms with Crippen LogP contribution in [0.5, 0.6) is 0 Å². The summed E-state index contributed by atoms with van der Waals surface area (Å²) < 4.78 is 26.2. The second kappa shape index (κ2) is 7.35. The smallest absolute Gasteiger partial charge is 0.159 e. The summed E-state index contributed by atoms with van der Waals surface area (Å²) in [5, 5.41) is 0. The second-order valence-corrected chi connectivity index (χ2v) is 4.26. The molecule has 0 saturated carbocycles. The average molecular weight is 300 g/mol. The van der Waals surface area contributed by atoms with E-state index in [9.17, 15) is 8.78 Å². The van der Waals surface area contributed by atoms with Gasteiger partial charge in [0, 0.05) is 17.3 Å². The molecule has 3 aromatic rings. The molecule has 22 heavy (non-hydrogen) atoms. The third-order valence-corrected chi connectivity index (χ3v) is 2.90. The molecule has 0 saturated heterocycles. The molecule has 1 heterocycles. The standard InChI is InChI=1S/C16H10F2N2.H4N2/c17-13-7-6-12(10-14(13)18)15-8-9-19-16(20-15)11-4-2-1-3-5-11;1-2/h1-10H;1-2H2. The molecule has 2 aromatic carbocycles. The minimum absolute atomic E-state index is 0.517. The zero-order valence-corrected chi connectivity index (χ0v) is 11.6. The lowest BCUT2D eigenvalue weighted by atomic mass is 10.1. The number of nitrogens with two attached hydrogens (primary N) is 2. The van der Waals surface area contributed by atoms with E-state index in [1.165, 1.54) is 6.07 Å². The van der Waals surface area contributed by atoms with Crippen molar-refractivity contribution in [3.05, 3.63) is 72.4 Å². The highest BCUT2D eigenvalue weighted by Crippen LogP contribution is 2.22. The molecule has 1 aromatic heterocycles. The predicted molar refractivity (Wildman–Crippen MR) is 81.2 cm³/mol. The first-order valence-corrected chi connectivity index (χ1v) is 6.41. The van der Waals surface area contributed by atoms with Crippen molar-refractivity contribution in [1.82, 2.24) is 9.97 Å². The normalized spacial score (nSPS) is 9.82. The first-order chi connectivity index (χ1) is 10.7. The Morgan fingerprint density at radius 2 is 1.50 bits per heavy atom. The summed E-state index contributed by atoms with van der Waals surface area (Å²) in [5.74, 6) is 6.79. The molecule has 0 unspecified atom stereocenters. The fraction of sp³-hybridized carbons (Fsp3) is 0. The van der Waals surface area contributed by atoms with E-state index >= 15 is 0 Å². The fourth-order valence-corrected chi connectivity index (χ4v) is 1.90. The van der Waals surface area contributed by atoms with Gasteiger partial charge in [-0.15, -0.1) is 0 Å². The number of benzene rings is 2. The van der Waals surface area contributed by atoms with Crippen LogP contribution >= 0.6 is 0 Å². The van der Waals surface area contributed by atoms with Crippen molar-refractivity contribution in [1.29, 1.82) is 0 Å².